The van der Waals surface area contributed by atoms with Crippen LogP contribution in [0.3, 0.4) is 0 Å². The molecule has 0 N–H and O–H groups in total. The van der Waals surface area contributed by atoms with Crippen LogP contribution in [0.1, 0.15) is 5.56 Å². The summed E-state index contributed by atoms with van der Waals surface area (Å²) in [6.07, 6.45) is 1.75. The number of pyridine rings is 1. The second-order valence-electron chi connectivity index (χ2n) is 5.06. The minimum atomic E-state index is 0.474. The Morgan fingerprint density at radius 3 is 2.67 bits per heavy atom. The van der Waals surface area contributed by atoms with Gasteiger partial charge in [0.05, 0.1) is 10.0 Å². The number of halogens is 3. The molecule has 0 fully saturated rings. The monoisotopic (exact) mass is 445 g/mol. The van der Waals surface area contributed by atoms with Gasteiger partial charge in [0.15, 0.2) is 22.3 Å². The Morgan fingerprint density at radius 2 is 1.88 bits per heavy atom. The Hall–Kier alpha value is -1.15. The first-order chi connectivity index (χ1) is 11.6. The van der Waals surface area contributed by atoms with Crippen LogP contribution in [0.2, 0.25) is 10.0 Å². The Balaban J connectivity index is 1.61. The first kappa shape index (κ1) is 16.3. The van der Waals surface area contributed by atoms with Crippen molar-refractivity contribution in [3.63, 3.8) is 0 Å². The molecule has 3 aromatic rings. The minimum Gasteiger partial charge on any atom is -0.486 e. The average molecular weight is 447 g/mol. The fourth-order valence-electron chi connectivity index (χ4n) is 2.36. The van der Waals surface area contributed by atoms with Crippen LogP contribution in [0, 0.1) is 0 Å². The molecule has 0 spiro atoms. The van der Waals surface area contributed by atoms with Gasteiger partial charge in [0, 0.05) is 16.4 Å². The van der Waals surface area contributed by atoms with Crippen molar-refractivity contribution in [2.75, 3.05) is 13.2 Å². The molecule has 5 nitrogen and oxygen atoms in total. The van der Waals surface area contributed by atoms with Crippen molar-refractivity contribution in [3.05, 3.63) is 44.5 Å². The van der Waals surface area contributed by atoms with Gasteiger partial charge in [-0.3, -0.25) is 4.40 Å². The van der Waals surface area contributed by atoms with E-state index in [4.69, 9.17) is 32.7 Å². The molecular weight excluding hydrogens is 437 g/mol. The highest BCUT2D eigenvalue weighted by Gasteiger charge is 2.16. The van der Waals surface area contributed by atoms with Crippen molar-refractivity contribution in [1.82, 2.24) is 14.6 Å². The molecular formula is C15H10BrCl2N3O2S. The van der Waals surface area contributed by atoms with Gasteiger partial charge in [-0.2, -0.15) is 0 Å². The molecule has 0 amide bonds. The van der Waals surface area contributed by atoms with Gasteiger partial charge in [0.2, 0.25) is 0 Å². The molecule has 0 bridgehead atoms. The number of fused-ring (bicyclic) bond motifs is 2. The van der Waals surface area contributed by atoms with Crippen LogP contribution in [0.25, 0.3) is 5.65 Å². The van der Waals surface area contributed by atoms with E-state index in [2.05, 4.69) is 26.1 Å². The van der Waals surface area contributed by atoms with Gasteiger partial charge < -0.3 is 9.47 Å². The number of thioether (sulfide) groups is 1. The van der Waals surface area contributed by atoms with Crippen LogP contribution in [0.15, 0.2) is 34.0 Å². The molecule has 9 heteroatoms. The Bertz CT molecular complexity index is 935. The number of benzene rings is 1. The molecule has 3 heterocycles. The van der Waals surface area contributed by atoms with Gasteiger partial charge in [-0.25, -0.2) is 0 Å². The molecule has 24 heavy (non-hydrogen) atoms. The maximum absolute atomic E-state index is 6.14. The van der Waals surface area contributed by atoms with Crippen molar-refractivity contribution in [2.45, 2.75) is 10.9 Å². The molecule has 1 aliphatic rings. The summed E-state index contributed by atoms with van der Waals surface area (Å²) in [5.41, 5.74) is 1.67. The molecule has 1 aromatic carbocycles. The molecule has 2 aromatic heterocycles. The van der Waals surface area contributed by atoms with Crippen LogP contribution < -0.4 is 9.47 Å². The zero-order chi connectivity index (χ0) is 16.7. The van der Waals surface area contributed by atoms with E-state index < -0.39 is 0 Å². The molecule has 0 saturated carbocycles. The molecule has 0 radical (unpaired) electrons. The molecule has 0 saturated heterocycles. The van der Waals surface area contributed by atoms with Crippen molar-refractivity contribution in [3.8, 4) is 11.5 Å². The standard InChI is InChI=1S/C15H10BrCl2N3O2S/c16-10-5-13-12(22-1-2-23-13)3-8(10)7-24-15-20-19-14-11(18)4-9(17)6-21(14)15/h3-6H,1-2,7H2. The Labute approximate surface area is 160 Å². The van der Waals surface area contributed by atoms with E-state index in [9.17, 15) is 0 Å². The largest absolute Gasteiger partial charge is 0.486 e. The van der Waals surface area contributed by atoms with E-state index in [0.717, 1.165) is 26.7 Å². The van der Waals surface area contributed by atoms with E-state index in [0.29, 0.717) is 34.7 Å². The predicted octanol–water partition coefficient (Wildman–Crippen LogP) is 4.86. The maximum Gasteiger partial charge on any atom is 0.196 e. The zero-order valence-electron chi connectivity index (χ0n) is 12.1. The summed E-state index contributed by atoms with van der Waals surface area (Å²) in [6, 6.07) is 5.56. The van der Waals surface area contributed by atoms with E-state index in [-0.39, 0.29) is 0 Å². The van der Waals surface area contributed by atoms with E-state index in [1.54, 1.807) is 16.7 Å². The van der Waals surface area contributed by atoms with E-state index in [1.165, 1.54) is 11.8 Å². The maximum atomic E-state index is 6.14. The highest BCUT2D eigenvalue weighted by Crippen LogP contribution is 2.38. The minimum absolute atomic E-state index is 0.474. The average Bonchev–Trinajstić information content (AvgIpc) is 2.96. The quantitative estimate of drug-likeness (QED) is 0.537. The summed E-state index contributed by atoms with van der Waals surface area (Å²) in [5, 5.41) is 10.0. The second kappa shape index (κ2) is 6.63. The summed E-state index contributed by atoms with van der Waals surface area (Å²) in [7, 11) is 0. The normalized spacial score (nSPS) is 13.5. The lowest BCUT2D eigenvalue weighted by Gasteiger charge is -2.19. The van der Waals surface area contributed by atoms with Gasteiger partial charge in [-0.05, 0) is 23.8 Å². The van der Waals surface area contributed by atoms with Crippen LogP contribution in [-0.2, 0) is 5.75 Å². The number of hydrogen-bond acceptors (Lipinski definition) is 5. The fraction of sp³-hybridized carbons (Fsp3) is 0.200. The lowest BCUT2D eigenvalue weighted by molar-refractivity contribution is 0.171. The van der Waals surface area contributed by atoms with Crippen LogP contribution in [-0.4, -0.2) is 27.8 Å². The molecule has 0 unspecified atom stereocenters. The number of rotatable bonds is 3. The van der Waals surface area contributed by atoms with Gasteiger partial charge in [-0.1, -0.05) is 50.9 Å². The summed E-state index contributed by atoms with van der Waals surface area (Å²) in [5.74, 6) is 2.20. The van der Waals surface area contributed by atoms with Crippen molar-refractivity contribution in [2.24, 2.45) is 0 Å². The third kappa shape index (κ3) is 3.06. The predicted molar refractivity (Wildman–Crippen MR) is 97.7 cm³/mol. The van der Waals surface area contributed by atoms with Crippen LogP contribution in [0.5, 0.6) is 11.5 Å². The number of ether oxygens (including phenoxy) is 2. The molecule has 0 atom stereocenters. The van der Waals surface area contributed by atoms with Crippen molar-refractivity contribution >= 4 is 56.5 Å². The van der Waals surface area contributed by atoms with Gasteiger partial charge >= 0.3 is 0 Å². The zero-order valence-corrected chi connectivity index (χ0v) is 16.0. The van der Waals surface area contributed by atoms with Gasteiger partial charge in [-0.15, -0.1) is 10.2 Å². The number of aromatic nitrogens is 3. The second-order valence-corrected chi connectivity index (χ2v) is 7.70. The lowest BCUT2D eigenvalue weighted by atomic mass is 10.2. The van der Waals surface area contributed by atoms with Gasteiger partial charge in [0.1, 0.15) is 13.2 Å². The smallest absolute Gasteiger partial charge is 0.196 e. The Kier molecular flexibility index (Phi) is 4.51. The molecule has 1 aliphatic heterocycles. The highest BCUT2D eigenvalue weighted by molar-refractivity contribution is 9.10. The first-order valence-corrected chi connectivity index (χ1v) is 9.56. The number of nitrogens with zero attached hydrogens (tertiary/aromatic N) is 3. The van der Waals surface area contributed by atoms with Crippen molar-refractivity contribution < 1.29 is 9.47 Å². The Morgan fingerprint density at radius 1 is 1.12 bits per heavy atom. The van der Waals surface area contributed by atoms with E-state index >= 15 is 0 Å². The molecule has 4 rings (SSSR count). The lowest BCUT2D eigenvalue weighted by Crippen LogP contribution is -2.15. The SMILES string of the molecule is Clc1cc(Cl)c2nnc(SCc3cc4c(cc3Br)OCCO4)n2c1. The summed E-state index contributed by atoms with van der Waals surface area (Å²) in [4.78, 5) is 0. The third-order valence-electron chi connectivity index (χ3n) is 3.46. The molecule has 124 valence electrons. The van der Waals surface area contributed by atoms with E-state index in [1.807, 2.05) is 12.1 Å². The highest BCUT2D eigenvalue weighted by atomic mass is 79.9. The first-order valence-electron chi connectivity index (χ1n) is 7.02. The van der Waals surface area contributed by atoms with Crippen LogP contribution >= 0.6 is 50.9 Å². The third-order valence-corrected chi connectivity index (χ3v) is 5.68. The van der Waals surface area contributed by atoms with Gasteiger partial charge in [0.25, 0.3) is 0 Å². The fourth-order valence-corrected chi connectivity index (χ4v) is 4.42. The number of hydrogen-bond donors (Lipinski definition) is 0. The summed E-state index contributed by atoms with van der Waals surface area (Å²) >= 11 is 17.3. The van der Waals surface area contributed by atoms with Crippen molar-refractivity contribution in [1.29, 1.82) is 0 Å². The topological polar surface area (TPSA) is 48.7 Å². The summed E-state index contributed by atoms with van der Waals surface area (Å²) < 4.78 is 14.0. The summed E-state index contributed by atoms with van der Waals surface area (Å²) in [6.45, 7) is 1.13. The van der Waals surface area contributed by atoms with Crippen LogP contribution in [0.4, 0.5) is 0 Å². The molecule has 0 aliphatic carbocycles.